The highest BCUT2D eigenvalue weighted by Crippen LogP contribution is 2.38. The Bertz CT molecular complexity index is 350. The molecule has 0 atom stereocenters. The molecule has 0 bridgehead atoms. The second kappa shape index (κ2) is 3.27. The highest BCUT2D eigenvalue weighted by atomic mass is 14.9. The molecule has 1 aromatic rings. The summed E-state index contributed by atoms with van der Waals surface area (Å²) in [5.41, 5.74) is 7.42. The van der Waals surface area contributed by atoms with Gasteiger partial charge in [0.25, 0.3) is 0 Å². The molecular formula is C12H17N3. The van der Waals surface area contributed by atoms with Crippen molar-refractivity contribution in [1.82, 2.24) is 9.97 Å². The van der Waals surface area contributed by atoms with Gasteiger partial charge >= 0.3 is 0 Å². The van der Waals surface area contributed by atoms with Gasteiger partial charge in [-0.3, -0.25) is 0 Å². The van der Waals surface area contributed by atoms with E-state index in [2.05, 4.69) is 9.97 Å². The number of nitrogens with zero attached hydrogens (tertiary/aromatic N) is 2. The first-order valence-corrected chi connectivity index (χ1v) is 5.85. The predicted molar refractivity (Wildman–Crippen MR) is 58.5 cm³/mol. The van der Waals surface area contributed by atoms with E-state index in [4.69, 9.17) is 5.73 Å². The van der Waals surface area contributed by atoms with Gasteiger partial charge in [-0.1, -0.05) is 0 Å². The molecule has 0 saturated heterocycles. The van der Waals surface area contributed by atoms with E-state index in [0.717, 1.165) is 18.7 Å². The van der Waals surface area contributed by atoms with Crippen molar-refractivity contribution in [2.24, 2.45) is 5.73 Å². The van der Waals surface area contributed by atoms with Crippen LogP contribution in [0.3, 0.4) is 0 Å². The van der Waals surface area contributed by atoms with Crippen LogP contribution in [-0.4, -0.2) is 15.5 Å². The third kappa shape index (κ3) is 2.17. The fourth-order valence-electron chi connectivity index (χ4n) is 1.85. The van der Waals surface area contributed by atoms with E-state index < -0.39 is 0 Å². The molecule has 0 aliphatic heterocycles. The molecule has 0 spiro atoms. The van der Waals surface area contributed by atoms with E-state index in [0.29, 0.717) is 5.92 Å². The molecule has 0 amide bonds. The third-order valence-corrected chi connectivity index (χ3v) is 3.47. The number of aryl methyl sites for hydroxylation is 1. The maximum absolute atomic E-state index is 6.04. The maximum Gasteiger partial charge on any atom is 0.131 e. The summed E-state index contributed by atoms with van der Waals surface area (Å²) in [6.45, 7) is 0. The summed E-state index contributed by atoms with van der Waals surface area (Å²) in [7, 11) is 0. The number of hydrogen-bond acceptors (Lipinski definition) is 3. The normalized spacial score (nSPS) is 22.7. The molecule has 0 radical (unpaired) electrons. The average Bonchev–Trinajstić information content (AvgIpc) is 3.12. The fraction of sp³-hybridized carbons (Fsp3) is 0.667. The third-order valence-electron chi connectivity index (χ3n) is 3.47. The lowest BCUT2D eigenvalue weighted by Gasteiger charge is -2.07. The van der Waals surface area contributed by atoms with Crippen molar-refractivity contribution in [3.05, 3.63) is 23.8 Å². The topological polar surface area (TPSA) is 51.8 Å². The van der Waals surface area contributed by atoms with Gasteiger partial charge in [0, 0.05) is 23.9 Å². The second-order valence-corrected chi connectivity index (χ2v) is 5.09. The van der Waals surface area contributed by atoms with Gasteiger partial charge in [-0.05, 0) is 44.1 Å². The van der Waals surface area contributed by atoms with Crippen LogP contribution in [0.1, 0.15) is 49.4 Å². The van der Waals surface area contributed by atoms with Crippen molar-refractivity contribution in [2.45, 2.75) is 50.0 Å². The Labute approximate surface area is 90.1 Å². The molecule has 0 unspecified atom stereocenters. The lowest BCUT2D eigenvalue weighted by molar-refractivity contribution is 0.607. The van der Waals surface area contributed by atoms with Crippen molar-refractivity contribution >= 4 is 0 Å². The number of nitrogens with two attached hydrogens (primary N) is 1. The molecule has 3 rings (SSSR count). The quantitative estimate of drug-likeness (QED) is 0.811. The second-order valence-electron chi connectivity index (χ2n) is 5.09. The SMILES string of the molecule is NC1(CCc2cnc(C3CC3)nc2)CC1. The van der Waals surface area contributed by atoms with Crippen LogP contribution in [0.2, 0.25) is 0 Å². The molecule has 2 aliphatic carbocycles. The predicted octanol–water partition coefficient (Wildman–Crippen LogP) is 1.78. The van der Waals surface area contributed by atoms with E-state index >= 15 is 0 Å². The highest BCUT2D eigenvalue weighted by Gasteiger charge is 2.37. The zero-order valence-electron chi connectivity index (χ0n) is 8.95. The largest absolute Gasteiger partial charge is 0.325 e. The first kappa shape index (κ1) is 9.28. The van der Waals surface area contributed by atoms with Gasteiger partial charge in [-0.2, -0.15) is 0 Å². The van der Waals surface area contributed by atoms with Gasteiger partial charge in [0.2, 0.25) is 0 Å². The van der Waals surface area contributed by atoms with Crippen LogP contribution in [0.5, 0.6) is 0 Å². The first-order chi connectivity index (χ1) is 7.25. The number of hydrogen-bond donors (Lipinski definition) is 1. The average molecular weight is 203 g/mol. The number of aromatic nitrogens is 2. The van der Waals surface area contributed by atoms with Crippen molar-refractivity contribution in [1.29, 1.82) is 0 Å². The summed E-state index contributed by atoms with van der Waals surface area (Å²) < 4.78 is 0. The summed E-state index contributed by atoms with van der Waals surface area (Å²) in [5, 5.41) is 0. The molecule has 2 N–H and O–H groups in total. The minimum Gasteiger partial charge on any atom is -0.325 e. The van der Waals surface area contributed by atoms with Crippen LogP contribution in [0.4, 0.5) is 0 Å². The zero-order valence-corrected chi connectivity index (χ0v) is 8.95. The highest BCUT2D eigenvalue weighted by molar-refractivity contribution is 5.12. The molecule has 3 heteroatoms. The molecule has 2 saturated carbocycles. The lowest BCUT2D eigenvalue weighted by Crippen LogP contribution is -2.22. The minimum absolute atomic E-state index is 0.148. The Balaban J connectivity index is 1.60. The summed E-state index contributed by atoms with van der Waals surface area (Å²) in [6, 6.07) is 0. The Hall–Kier alpha value is -0.960. The number of rotatable bonds is 4. The van der Waals surface area contributed by atoms with E-state index in [-0.39, 0.29) is 5.54 Å². The summed E-state index contributed by atoms with van der Waals surface area (Å²) in [5.74, 6) is 1.69. The van der Waals surface area contributed by atoms with Crippen LogP contribution < -0.4 is 5.73 Å². The molecule has 3 nitrogen and oxygen atoms in total. The van der Waals surface area contributed by atoms with Gasteiger partial charge in [0.1, 0.15) is 5.82 Å². The summed E-state index contributed by atoms with van der Waals surface area (Å²) >= 11 is 0. The molecule has 1 heterocycles. The van der Waals surface area contributed by atoms with Crippen molar-refractivity contribution in [3.63, 3.8) is 0 Å². The smallest absolute Gasteiger partial charge is 0.131 e. The van der Waals surface area contributed by atoms with E-state index in [1.807, 2.05) is 12.4 Å². The monoisotopic (exact) mass is 203 g/mol. The maximum atomic E-state index is 6.04. The van der Waals surface area contributed by atoms with Crippen LogP contribution in [0, 0.1) is 0 Å². The standard InChI is InChI=1S/C12H17N3/c13-12(5-6-12)4-3-9-7-14-11(15-8-9)10-1-2-10/h7-8,10H,1-6,13H2. The van der Waals surface area contributed by atoms with E-state index in [9.17, 15) is 0 Å². The van der Waals surface area contributed by atoms with E-state index in [1.54, 1.807) is 0 Å². The molecule has 0 aromatic carbocycles. The van der Waals surface area contributed by atoms with Crippen molar-refractivity contribution in [2.75, 3.05) is 0 Å². The molecule has 2 aliphatic rings. The Kier molecular flexibility index (Phi) is 2.02. The van der Waals surface area contributed by atoms with E-state index in [1.165, 1.54) is 31.2 Å². The van der Waals surface area contributed by atoms with Gasteiger partial charge in [0.15, 0.2) is 0 Å². The Morgan fingerprint density at radius 2 is 1.93 bits per heavy atom. The van der Waals surface area contributed by atoms with Crippen LogP contribution in [0.25, 0.3) is 0 Å². The van der Waals surface area contributed by atoms with Crippen molar-refractivity contribution in [3.8, 4) is 0 Å². The molecule has 80 valence electrons. The molecule has 1 aromatic heterocycles. The van der Waals surface area contributed by atoms with Crippen LogP contribution in [-0.2, 0) is 6.42 Å². The first-order valence-electron chi connectivity index (χ1n) is 5.85. The summed E-state index contributed by atoms with van der Waals surface area (Å²) in [4.78, 5) is 8.82. The minimum atomic E-state index is 0.148. The Morgan fingerprint density at radius 3 is 2.47 bits per heavy atom. The van der Waals surface area contributed by atoms with Crippen LogP contribution in [0.15, 0.2) is 12.4 Å². The lowest BCUT2D eigenvalue weighted by atomic mass is 10.1. The Morgan fingerprint density at radius 1 is 1.27 bits per heavy atom. The summed E-state index contributed by atoms with van der Waals surface area (Å²) in [6.07, 6.45) is 11.0. The van der Waals surface area contributed by atoms with Gasteiger partial charge < -0.3 is 5.73 Å². The zero-order chi connectivity index (χ0) is 10.3. The molecular weight excluding hydrogens is 186 g/mol. The van der Waals surface area contributed by atoms with Crippen molar-refractivity contribution < 1.29 is 0 Å². The van der Waals surface area contributed by atoms with Gasteiger partial charge in [-0.15, -0.1) is 0 Å². The fourth-order valence-corrected chi connectivity index (χ4v) is 1.85. The van der Waals surface area contributed by atoms with Crippen LogP contribution >= 0.6 is 0 Å². The van der Waals surface area contributed by atoms with Gasteiger partial charge in [-0.25, -0.2) is 9.97 Å². The molecule has 2 fully saturated rings. The molecule has 15 heavy (non-hydrogen) atoms. The van der Waals surface area contributed by atoms with Gasteiger partial charge in [0.05, 0.1) is 0 Å².